The molecule has 0 aromatic heterocycles. The Bertz CT molecular complexity index is 116. The highest BCUT2D eigenvalue weighted by molar-refractivity contribution is 4.68. The molecule has 0 radical (unpaired) electrons. The van der Waals surface area contributed by atoms with Crippen molar-refractivity contribution in [3.63, 3.8) is 0 Å². The maximum atomic E-state index is 9.46. The van der Waals surface area contributed by atoms with E-state index >= 15 is 0 Å². The lowest BCUT2D eigenvalue weighted by molar-refractivity contribution is 0.0153. The fourth-order valence-electron chi connectivity index (χ4n) is 1.38. The van der Waals surface area contributed by atoms with Gasteiger partial charge in [0.2, 0.25) is 0 Å². The van der Waals surface area contributed by atoms with E-state index in [1.807, 2.05) is 7.05 Å². The second-order valence-corrected chi connectivity index (χ2v) is 3.12. The average molecular weight is 174 g/mol. The molecule has 0 aromatic rings. The Kier molecular flexibility index (Phi) is 4.53. The van der Waals surface area contributed by atoms with E-state index < -0.39 is 0 Å². The molecule has 1 fully saturated rings. The number of aliphatic hydroxyl groups excluding tert-OH is 1. The van der Waals surface area contributed by atoms with Gasteiger partial charge in [-0.05, 0) is 7.05 Å². The van der Waals surface area contributed by atoms with Gasteiger partial charge in [-0.1, -0.05) is 0 Å². The number of nitrogens with one attached hydrogen (secondary N) is 1. The summed E-state index contributed by atoms with van der Waals surface area (Å²) in [5.74, 6) is 0. The quantitative estimate of drug-likeness (QED) is 0.568. The molecule has 1 atom stereocenters. The number of likely N-dealkylation sites (N-methyl/N-ethyl adjacent to an activating group) is 1. The van der Waals surface area contributed by atoms with Crippen molar-refractivity contribution in [1.82, 2.24) is 10.2 Å². The van der Waals surface area contributed by atoms with Crippen LogP contribution in [0.5, 0.6) is 0 Å². The summed E-state index contributed by atoms with van der Waals surface area (Å²) in [7, 11) is 1.85. The monoisotopic (exact) mass is 174 g/mol. The fourth-order valence-corrected chi connectivity index (χ4v) is 1.38. The first kappa shape index (κ1) is 9.92. The van der Waals surface area contributed by atoms with Crippen LogP contribution in [0.4, 0.5) is 0 Å². The number of β-amino-alcohol motifs (C(OH)–C–C–N with tert-alkyl or cyclic N) is 1. The summed E-state index contributed by atoms with van der Waals surface area (Å²) in [6.07, 6.45) is -0.256. The lowest BCUT2D eigenvalue weighted by atomic mass is 10.3. The topological polar surface area (TPSA) is 44.7 Å². The highest BCUT2D eigenvalue weighted by Crippen LogP contribution is 1.97. The molecule has 1 aliphatic heterocycles. The zero-order valence-corrected chi connectivity index (χ0v) is 7.62. The van der Waals surface area contributed by atoms with E-state index in [1.54, 1.807) is 0 Å². The van der Waals surface area contributed by atoms with Crippen LogP contribution in [-0.4, -0.2) is 62.6 Å². The van der Waals surface area contributed by atoms with Crippen LogP contribution in [0, 0.1) is 0 Å². The second kappa shape index (κ2) is 5.48. The van der Waals surface area contributed by atoms with E-state index in [-0.39, 0.29) is 6.10 Å². The first-order chi connectivity index (χ1) is 5.83. The summed E-state index contributed by atoms with van der Waals surface area (Å²) in [6.45, 7) is 4.90. The minimum atomic E-state index is -0.256. The van der Waals surface area contributed by atoms with Gasteiger partial charge in [0, 0.05) is 26.2 Å². The third-order valence-electron chi connectivity index (χ3n) is 2.01. The van der Waals surface area contributed by atoms with Crippen molar-refractivity contribution in [1.29, 1.82) is 0 Å². The molecule has 1 heterocycles. The van der Waals surface area contributed by atoms with Gasteiger partial charge in [-0.2, -0.15) is 0 Å². The van der Waals surface area contributed by atoms with Gasteiger partial charge < -0.3 is 15.2 Å². The summed E-state index contributed by atoms with van der Waals surface area (Å²) >= 11 is 0. The Balaban J connectivity index is 2.11. The smallest absolute Gasteiger partial charge is 0.0791 e. The van der Waals surface area contributed by atoms with Crippen LogP contribution in [0.15, 0.2) is 0 Å². The zero-order valence-electron chi connectivity index (χ0n) is 7.62. The Morgan fingerprint density at radius 3 is 2.75 bits per heavy atom. The molecule has 4 nitrogen and oxygen atoms in total. The van der Waals surface area contributed by atoms with Crippen LogP contribution in [0.25, 0.3) is 0 Å². The van der Waals surface area contributed by atoms with Gasteiger partial charge in [-0.25, -0.2) is 0 Å². The minimum Gasteiger partial charge on any atom is -0.390 e. The van der Waals surface area contributed by atoms with E-state index in [9.17, 15) is 5.11 Å². The van der Waals surface area contributed by atoms with Crippen molar-refractivity contribution >= 4 is 0 Å². The van der Waals surface area contributed by atoms with E-state index in [1.165, 1.54) is 0 Å². The van der Waals surface area contributed by atoms with Crippen LogP contribution in [0.2, 0.25) is 0 Å². The van der Waals surface area contributed by atoms with Crippen molar-refractivity contribution < 1.29 is 9.84 Å². The third kappa shape index (κ3) is 3.49. The molecule has 0 saturated carbocycles. The molecule has 2 N–H and O–H groups in total. The van der Waals surface area contributed by atoms with Crippen molar-refractivity contribution in [3.05, 3.63) is 0 Å². The van der Waals surface area contributed by atoms with Gasteiger partial charge in [-0.3, -0.25) is 4.90 Å². The van der Waals surface area contributed by atoms with E-state index in [0.29, 0.717) is 6.54 Å². The molecule has 0 spiro atoms. The summed E-state index contributed by atoms with van der Waals surface area (Å²) in [6, 6.07) is 0. The molecule has 12 heavy (non-hydrogen) atoms. The molecule has 72 valence electrons. The molecular formula is C8H18N2O2. The van der Waals surface area contributed by atoms with Gasteiger partial charge in [0.1, 0.15) is 0 Å². The minimum absolute atomic E-state index is 0.256. The summed E-state index contributed by atoms with van der Waals surface area (Å²) in [5.41, 5.74) is 0. The molecule has 0 bridgehead atoms. The second-order valence-electron chi connectivity index (χ2n) is 3.12. The largest absolute Gasteiger partial charge is 0.390 e. The van der Waals surface area contributed by atoms with Crippen LogP contribution >= 0.6 is 0 Å². The van der Waals surface area contributed by atoms with Crippen LogP contribution in [-0.2, 0) is 4.74 Å². The zero-order chi connectivity index (χ0) is 8.81. The molecule has 4 heteroatoms. The predicted molar refractivity (Wildman–Crippen MR) is 47.2 cm³/mol. The van der Waals surface area contributed by atoms with E-state index in [2.05, 4.69) is 10.2 Å². The highest BCUT2D eigenvalue weighted by atomic mass is 16.5. The Morgan fingerprint density at radius 2 is 2.17 bits per heavy atom. The van der Waals surface area contributed by atoms with Crippen LogP contribution in [0.3, 0.4) is 0 Å². The Morgan fingerprint density at radius 1 is 1.50 bits per heavy atom. The number of hydrogen-bond donors (Lipinski definition) is 2. The highest BCUT2D eigenvalue weighted by Gasteiger charge is 2.13. The van der Waals surface area contributed by atoms with Crippen molar-refractivity contribution in [2.45, 2.75) is 6.10 Å². The van der Waals surface area contributed by atoms with Gasteiger partial charge in [0.05, 0.1) is 19.3 Å². The Labute approximate surface area is 73.5 Å². The lowest BCUT2D eigenvalue weighted by Crippen LogP contribution is -2.43. The molecule has 0 aliphatic carbocycles. The number of nitrogens with zero attached hydrogens (tertiary/aromatic N) is 1. The summed E-state index contributed by atoms with van der Waals surface area (Å²) < 4.78 is 5.20. The number of hydrogen-bond acceptors (Lipinski definition) is 4. The Hall–Kier alpha value is -0.160. The average Bonchev–Trinajstić information content (AvgIpc) is 2.06. The standard InChI is InChI=1S/C8H18N2O2/c1-9-6-8(11)7-10-2-4-12-5-3-10/h8-9,11H,2-7H2,1H3/t8-/m1/s1. The molecule has 1 rings (SSSR count). The normalized spacial score (nSPS) is 22.5. The summed E-state index contributed by atoms with van der Waals surface area (Å²) in [4.78, 5) is 2.23. The SMILES string of the molecule is CNC[C@@H](O)CN1CCOCC1. The predicted octanol–water partition coefficient (Wildman–Crippen LogP) is -1.10. The first-order valence-corrected chi connectivity index (χ1v) is 4.45. The van der Waals surface area contributed by atoms with Crippen molar-refractivity contribution in [2.75, 3.05) is 46.4 Å². The molecule has 0 amide bonds. The summed E-state index contributed by atoms with van der Waals surface area (Å²) in [5, 5.41) is 12.4. The number of aliphatic hydroxyl groups is 1. The van der Waals surface area contributed by atoms with Gasteiger partial charge in [0.25, 0.3) is 0 Å². The maximum absolute atomic E-state index is 9.46. The molecular weight excluding hydrogens is 156 g/mol. The van der Waals surface area contributed by atoms with Gasteiger partial charge in [0.15, 0.2) is 0 Å². The number of rotatable bonds is 4. The lowest BCUT2D eigenvalue weighted by Gasteiger charge is -2.28. The van der Waals surface area contributed by atoms with Gasteiger partial charge in [-0.15, -0.1) is 0 Å². The molecule has 0 unspecified atom stereocenters. The third-order valence-corrected chi connectivity index (χ3v) is 2.01. The van der Waals surface area contributed by atoms with Crippen molar-refractivity contribution in [3.8, 4) is 0 Å². The fraction of sp³-hybridized carbons (Fsp3) is 1.00. The molecule has 1 aliphatic rings. The number of ether oxygens (including phenoxy) is 1. The molecule has 1 saturated heterocycles. The number of morpholine rings is 1. The van der Waals surface area contributed by atoms with E-state index in [0.717, 1.165) is 32.8 Å². The van der Waals surface area contributed by atoms with Crippen LogP contribution in [0.1, 0.15) is 0 Å². The van der Waals surface area contributed by atoms with Gasteiger partial charge >= 0.3 is 0 Å². The van der Waals surface area contributed by atoms with Crippen LogP contribution < -0.4 is 5.32 Å². The maximum Gasteiger partial charge on any atom is 0.0791 e. The first-order valence-electron chi connectivity index (χ1n) is 4.45. The van der Waals surface area contributed by atoms with E-state index in [4.69, 9.17) is 4.74 Å². The van der Waals surface area contributed by atoms with Crippen molar-refractivity contribution in [2.24, 2.45) is 0 Å². The molecule has 0 aromatic carbocycles.